The van der Waals surface area contributed by atoms with E-state index in [1.807, 2.05) is 6.92 Å². The van der Waals surface area contributed by atoms with Gasteiger partial charge in [-0.1, -0.05) is 6.92 Å². The van der Waals surface area contributed by atoms with Crippen LogP contribution in [0.2, 0.25) is 0 Å². The Labute approximate surface area is 89.1 Å². The van der Waals surface area contributed by atoms with Crippen LogP contribution >= 0.6 is 0 Å². The Hall–Kier alpha value is -1.55. The van der Waals surface area contributed by atoms with Crippen LogP contribution in [0.4, 0.5) is 5.69 Å². The summed E-state index contributed by atoms with van der Waals surface area (Å²) in [6.07, 6.45) is 0.706. The normalized spacial score (nSPS) is 12.1. The van der Waals surface area contributed by atoms with Gasteiger partial charge in [0.15, 0.2) is 0 Å². The third kappa shape index (κ3) is 3.25. The number of rotatable bonds is 4. The number of nitrogen functional groups attached to an aromatic ring is 1. The smallest absolute Gasteiger partial charge is 0.251 e. The molecule has 1 atom stereocenters. The van der Waals surface area contributed by atoms with Crippen molar-refractivity contribution in [2.45, 2.75) is 19.4 Å². The number of aliphatic hydroxyl groups is 1. The fraction of sp³-hybridized carbons (Fsp3) is 0.364. The Morgan fingerprint density at radius 3 is 2.53 bits per heavy atom. The van der Waals surface area contributed by atoms with Crippen molar-refractivity contribution in [1.29, 1.82) is 0 Å². The second kappa shape index (κ2) is 5.36. The number of hydrogen-bond acceptors (Lipinski definition) is 3. The Balaban J connectivity index is 2.64. The van der Waals surface area contributed by atoms with E-state index in [0.29, 0.717) is 17.7 Å². The third-order valence-electron chi connectivity index (χ3n) is 2.22. The Bertz CT molecular complexity index is 318. The molecule has 0 aliphatic rings. The van der Waals surface area contributed by atoms with Crippen molar-refractivity contribution in [2.75, 3.05) is 12.3 Å². The summed E-state index contributed by atoms with van der Waals surface area (Å²) in [7, 11) is 0. The van der Waals surface area contributed by atoms with Crippen LogP contribution < -0.4 is 11.1 Å². The summed E-state index contributed by atoms with van der Waals surface area (Å²) < 4.78 is 0. The molecule has 0 saturated heterocycles. The number of hydrogen-bond donors (Lipinski definition) is 3. The molecule has 0 heterocycles. The molecular weight excluding hydrogens is 192 g/mol. The Kier molecular flexibility index (Phi) is 4.12. The van der Waals surface area contributed by atoms with Gasteiger partial charge < -0.3 is 16.2 Å². The van der Waals surface area contributed by atoms with Crippen LogP contribution in [0.3, 0.4) is 0 Å². The zero-order valence-electron chi connectivity index (χ0n) is 8.73. The first kappa shape index (κ1) is 11.5. The highest BCUT2D eigenvalue weighted by Crippen LogP contribution is 2.05. The summed E-state index contributed by atoms with van der Waals surface area (Å²) >= 11 is 0. The van der Waals surface area contributed by atoms with Gasteiger partial charge >= 0.3 is 0 Å². The lowest BCUT2D eigenvalue weighted by Crippen LogP contribution is -2.36. The summed E-state index contributed by atoms with van der Waals surface area (Å²) in [5.41, 5.74) is 6.69. The van der Waals surface area contributed by atoms with Crippen molar-refractivity contribution in [3.63, 3.8) is 0 Å². The quantitative estimate of drug-likeness (QED) is 0.640. The predicted octanol–water partition coefficient (Wildman–Crippen LogP) is 0.770. The van der Waals surface area contributed by atoms with E-state index >= 15 is 0 Å². The minimum atomic E-state index is -0.185. The van der Waals surface area contributed by atoms with Gasteiger partial charge in [-0.3, -0.25) is 4.79 Å². The minimum absolute atomic E-state index is 0.0444. The molecule has 0 bridgehead atoms. The number of benzene rings is 1. The second-order valence-electron chi connectivity index (χ2n) is 3.38. The van der Waals surface area contributed by atoms with Crippen LogP contribution in [0.25, 0.3) is 0 Å². The first-order valence-corrected chi connectivity index (χ1v) is 4.94. The van der Waals surface area contributed by atoms with Gasteiger partial charge in [0, 0.05) is 11.3 Å². The summed E-state index contributed by atoms with van der Waals surface area (Å²) in [4.78, 5) is 11.6. The van der Waals surface area contributed by atoms with Gasteiger partial charge in [-0.05, 0) is 30.7 Å². The van der Waals surface area contributed by atoms with Gasteiger partial charge in [0.2, 0.25) is 0 Å². The topological polar surface area (TPSA) is 75.3 Å². The molecule has 0 radical (unpaired) electrons. The molecule has 4 nitrogen and oxygen atoms in total. The van der Waals surface area contributed by atoms with Gasteiger partial charge in [-0.2, -0.15) is 0 Å². The van der Waals surface area contributed by atoms with E-state index in [0.717, 1.165) is 0 Å². The molecule has 1 aromatic rings. The number of aliphatic hydroxyl groups excluding tert-OH is 1. The van der Waals surface area contributed by atoms with Gasteiger partial charge in [0.05, 0.1) is 12.6 Å². The van der Waals surface area contributed by atoms with Crippen LogP contribution in [0.1, 0.15) is 23.7 Å². The lowest BCUT2D eigenvalue weighted by Gasteiger charge is -2.13. The Morgan fingerprint density at radius 1 is 1.47 bits per heavy atom. The first-order valence-electron chi connectivity index (χ1n) is 4.94. The van der Waals surface area contributed by atoms with Crippen LogP contribution in [-0.2, 0) is 0 Å². The number of anilines is 1. The maximum absolute atomic E-state index is 11.6. The van der Waals surface area contributed by atoms with Crippen LogP contribution in [0.5, 0.6) is 0 Å². The monoisotopic (exact) mass is 208 g/mol. The molecule has 1 amide bonds. The summed E-state index contributed by atoms with van der Waals surface area (Å²) in [6.45, 7) is 1.86. The molecule has 0 aromatic heterocycles. The average molecular weight is 208 g/mol. The Morgan fingerprint density at radius 2 is 2.07 bits per heavy atom. The van der Waals surface area contributed by atoms with Crippen molar-refractivity contribution >= 4 is 11.6 Å². The number of nitrogens with two attached hydrogens (primary N) is 1. The highest BCUT2D eigenvalue weighted by molar-refractivity contribution is 5.94. The standard InChI is InChI=1S/C11H16N2O2/c1-2-10(7-14)13-11(15)8-3-5-9(12)6-4-8/h3-6,10,14H,2,7,12H2,1H3,(H,13,15). The summed E-state index contributed by atoms with van der Waals surface area (Å²) in [5, 5.41) is 11.7. The van der Waals surface area contributed by atoms with Gasteiger partial charge in [0.1, 0.15) is 0 Å². The molecule has 1 unspecified atom stereocenters. The zero-order valence-corrected chi connectivity index (χ0v) is 8.73. The second-order valence-corrected chi connectivity index (χ2v) is 3.38. The lowest BCUT2D eigenvalue weighted by atomic mass is 10.1. The summed E-state index contributed by atoms with van der Waals surface area (Å²) in [5.74, 6) is -0.184. The average Bonchev–Trinajstić information content (AvgIpc) is 2.26. The van der Waals surface area contributed by atoms with E-state index in [2.05, 4.69) is 5.32 Å². The van der Waals surface area contributed by atoms with Gasteiger partial charge in [0.25, 0.3) is 5.91 Å². The number of nitrogens with one attached hydrogen (secondary N) is 1. The molecule has 4 N–H and O–H groups in total. The van der Waals surface area contributed by atoms with Crippen molar-refractivity contribution in [3.05, 3.63) is 29.8 Å². The lowest BCUT2D eigenvalue weighted by molar-refractivity contribution is 0.0915. The largest absolute Gasteiger partial charge is 0.399 e. The minimum Gasteiger partial charge on any atom is -0.399 e. The van der Waals surface area contributed by atoms with E-state index in [-0.39, 0.29) is 18.6 Å². The molecule has 0 fully saturated rings. The van der Waals surface area contributed by atoms with E-state index in [9.17, 15) is 4.79 Å². The molecule has 0 saturated carbocycles. The van der Waals surface area contributed by atoms with Crippen molar-refractivity contribution < 1.29 is 9.90 Å². The molecule has 1 rings (SSSR count). The van der Waals surface area contributed by atoms with Gasteiger partial charge in [-0.15, -0.1) is 0 Å². The van der Waals surface area contributed by atoms with E-state index in [1.54, 1.807) is 24.3 Å². The number of carbonyl (C=O) groups is 1. The molecule has 1 aromatic carbocycles. The highest BCUT2D eigenvalue weighted by atomic mass is 16.3. The highest BCUT2D eigenvalue weighted by Gasteiger charge is 2.10. The summed E-state index contributed by atoms with van der Waals surface area (Å²) in [6, 6.07) is 6.49. The molecular formula is C11H16N2O2. The van der Waals surface area contributed by atoms with E-state index in [4.69, 9.17) is 10.8 Å². The van der Waals surface area contributed by atoms with E-state index in [1.165, 1.54) is 0 Å². The van der Waals surface area contributed by atoms with Crippen LogP contribution in [0.15, 0.2) is 24.3 Å². The SMILES string of the molecule is CCC(CO)NC(=O)c1ccc(N)cc1. The van der Waals surface area contributed by atoms with Crippen molar-refractivity contribution in [3.8, 4) is 0 Å². The molecule has 82 valence electrons. The number of carbonyl (C=O) groups excluding carboxylic acids is 1. The molecule has 0 aliphatic heterocycles. The van der Waals surface area contributed by atoms with Crippen LogP contribution in [0, 0.1) is 0 Å². The first-order chi connectivity index (χ1) is 7.17. The third-order valence-corrected chi connectivity index (χ3v) is 2.22. The van der Waals surface area contributed by atoms with Crippen molar-refractivity contribution in [1.82, 2.24) is 5.32 Å². The maximum Gasteiger partial charge on any atom is 0.251 e. The van der Waals surface area contributed by atoms with Crippen LogP contribution in [-0.4, -0.2) is 23.7 Å². The molecule has 0 aliphatic carbocycles. The van der Waals surface area contributed by atoms with Gasteiger partial charge in [-0.25, -0.2) is 0 Å². The fourth-order valence-electron chi connectivity index (χ4n) is 1.18. The molecule has 15 heavy (non-hydrogen) atoms. The van der Waals surface area contributed by atoms with E-state index < -0.39 is 0 Å². The maximum atomic E-state index is 11.6. The molecule has 0 spiro atoms. The van der Waals surface area contributed by atoms with Crippen molar-refractivity contribution in [2.24, 2.45) is 0 Å². The zero-order chi connectivity index (χ0) is 11.3. The fourth-order valence-corrected chi connectivity index (χ4v) is 1.18. The number of amides is 1. The molecule has 4 heteroatoms. The predicted molar refractivity (Wildman–Crippen MR) is 59.5 cm³/mol.